The van der Waals surface area contributed by atoms with E-state index in [9.17, 15) is 0 Å². The van der Waals surface area contributed by atoms with E-state index in [4.69, 9.17) is 5.26 Å². The minimum Gasteiger partial charge on any atom is -0.270 e. The van der Waals surface area contributed by atoms with E-state index in [0.717, 1.165) is 0 Å². The minimum absolute atomic E-state index is 0.0602. The summed E-state index contributed by atoms with van der Waals surface area (Å²) in [5.74, 6) is 0. The molecule has 1 atom stereocenters. The summed E-state index contributed by atoms with van der Waals surface area (Å²) in [5.41, 5.74) is 0. The molecular weight excluding hydrogens is 64.0 g/mol. The monoisotopic (exact) mass is 66.0 g/mol. The van der Waals surface area contributed by atoms with Crippen LogP contribution in [0.4, 0.5) is 0 Å². The zero-order valence-electron chi connectivity index (χ0n) is 2.55. The topological polar surface area (TPSA) is 36.1 Å². The fourth-order valence-corrected chi connectivity index (χ4v) is 0.110. The first kappa shape index (κ1) is 2.40. The van der Waals surface area contributed by atoms with E-state index in [-0.39, 0.29) is 6.04 Å². The van der Waals surface area contributed by atoms with E-state index >= 15 is 0 Å². The maximum absolute atomic E-state index is 7.83. The Morgan fingerprint density at radius 1 is 2.00 bits per heavy atom. The van der Waals surface area contributed by atoms with Gasteiger partial charge in [-0.3, -0.25) is 4.99 Å². The van der Waals surface area contributed by atoms with Gasteiger partial charge in [0.05, 0.1) is 6.07 Å². The van der Waals surface area contributed by atoms with Gasteiger partial charge >= 0.3 is 0 Å². The quantitative estimate of drug-likeness (QED) is 0.391. The summed E-state index contributed by atoms with van der Waals surface area (Å²) in [4.78, 5) is 3.53. The Labute approximate surface area is 29.8 Å². The van der Waals surface area contributed by atoms with Gasteiger partial charge in [0.2, 0.25) is 0 Å². The van der Waals surface area contributed by atoms with Crippen LogP contribution >= 0.6 is 0 Å². The molecule has 0 spiro atoms. The Hall–Kier alpha value is -0.840. The lowest BCUT2D eigenvalue weighted by molar-refractivity contribution is 1.28. The van der Waals surface area contributed by atoms with Crippen LogP contribution in [0.2, 0.25) is 0 Å². The van der Waals surface area contributed by atoms with Gasteiger partial charge in [-0.1, -0.05) is 0 Å². The Morgan fingerprint density at radius 3 is 2.60 bits per heavy atom. The number of nitriles is 1. The molecule has 0 aliphatic carbocycles. The molecule has 0 aromatic carbocycles. The highest BCUT2D eigenvalue weighted by molar-refractivity contribution is 5.81. The molecule has 1 aliphatic heterocycles. The molecule has 1 aliphatic rings. The van der Waals surface area contributed by atoms with E-state index in [1.807, 2.05) is 6.07 Å². The van der Waals surface area contributed by atoms with Crippen molar-refractivity contribution < 1.29 is 0 Å². The van der Waals surface area contributed by atoms with Gasteiger partial charge in [0.1, 0.15) is 0 Å². The summed E-state index contributed by atoms with van der Waals surface area (Å²) >= 11 is 0. The van der Waals surface area contributed by atoms with Gasteiger partial charge in [0, 0.05) is 6.21 Å². The van der Waals surface area contributed by atoms with Crippen LogP contribution in [-0.2, 0) is 0 Å². The van der Waals surface area contributed by atoms with E-state index in [2.05, 4.69) is 4.99 Å². The summed E-state index contributed by atoms with van der Waals surface area (Å²) in [6.45, 7) is 0. The molecule has 0 radical (unpaired) electrons. The van der Waals surface area contributed by atoms with Crippen molar-refractivity contribution in [2.24, 2.45) is 4.99 Å². The molecule has 0 aromatic heterocycles. The molecular formula is C3H2N2. The lowest BCUT2D eigenvalue weighted by atomic mass is 10.5. The normalized spacial score (nSPS) is 29.0. The lowest BCUT2D eigenvalue weighted by Crippen LogP contribution is -1.72. The fourth-order valence-electron chi connectivity index (χ4n) is 0.110. The molecule has 0 fully saturated rings. The lowest BCUT2D eigenvalue weighted by Gasteiger charge is -1.52. The molecule has 0 N–H and O–H groups in total. The van der Waals surface area contributed by atoms with E-state index < -0.39 is 0 Å². The average Bonchev–Trinajstić information content (AvgIpc) is 2.12. The van der Waals surface area contributed by atoms with Crippen LogP contribution in [0.5, 0.6) is 0 Å². The summed E-state index contributed by atoms with van der Waals surface area (Å²) in [7, 11) is 0. The first-order chi connectivity index (χ1) is 2.43. The van der Waals surface area contributed by atoms with Gasteiger partial charge in [-0.05, 0) is 0 Å². The fraction of sp³-hybridized carbons (Fsp3) is 0.333. The second kappa shape index (κ2) is 0.554. The van der Waals surface area contributed by atoms with Crippen molar-refractivity contribution in [1.82, 2.24) is 0 Å². The largest absolute Gasteiger partial charge is 0.270 e. The van der Waals surface area contributed by atoms with Gasteiger partial charge < -0.3 is 0 Å². The van der Waals surface area contributed by atoms with Crippen LogP contribution in [0.3, 0.4) is 0 Å². The molecule has 0 amide bonds. The highest BCUT2D eigenvalue weighted by Gasteiger charge is 2.07. The zero-order chi connectivity index (χ0) is 3.70. The van der Waals surface area contributed by atoms with Crippen LogP contribution in [-0.4, -0.2) is 12.3 Å². The maximum atomic E-state index is 7.83. The SMILES string of the molecule is N#CC1C=N1. The van der Waals surface area contributed by atoms with Gasteiger partial charge in [-0.15, -0.1) is 0 Å². The molecule has 2 nitrogen and oxygen atoms in total. The van der Waals surface area contributed by atoms with Gasteiger partial charge in [0.25, 0.3) is 0 Å². The second-order valence-electron chi connectivity index (χ2n) is 0.872. The predicted octanol–water partition coefficient (Wildman–Crippen LogP) is -0.0370. The minimum atomic E-state index is -0.0602. The van der Waals surface area contributed by atoms with Crippen molar-refractivity contribution in [2.45, 2.75) is 6.04 Å². The maximum Gasteiger partial charge on any atom is 0.170 e. The molecule has 5 heavy (non-hydrogen) atoms. The molecule has 0 aromatic rings. The Kier molecular flexibility index (Phi) is 0.266. The van der Waals surface area contributed by atoms with Crippen molar-refractivity contribution in [3.63, 3.8) is 0 Å². The number of hydrogen-bond acceptors (Lipinski definition) is 2. The van der Waals surface area contributed by atoms with Gasteiger partial charge in [0.15, 0.2) is 6.04 Å². The predicted molar refractivity (Wildman–Crippen MR) is 17.9 cm³/mol. The van der Waals surface area contributed by atoms with Gasteiger partial charge in [-0.2, -0.15) is 5.26 Å². The molecule has 24 valence electrons. The second-order valence-corrected chi connectivity index (χ2v) is 0.872. The highest BCUT2D eigenvalue weighted by Crippen LogP contribution is 1.94. The smallest absolute Gasteiger partial charge is 0.170 e. The summed E-state index contributed by atoms with van der Waals surface area (Å²) < 4.78 is 0. The Bertz CT molecular complexity index is 92.0. The van der Waals surface area contributed by atoms with Crippen molar-refractivity contribution in [2.75, 3.05) is 0 Å². The molecule has 0 saturated carbocycles. The summed E-state index contributed by atoms with van der Waals surface area (Å²) in [5, 5.41) is 7.83. The number of rotatable bonds is 0. The van der Waals surface area contributed by atoms with Gasteiger partial charge in [-0.25, -0.2) is 0 Å². The standard InChI is InChI=1S/C3H2N2/c4-1-3-2-5-3/h2-3H. The third-order valence-corrected chi connectivity index (χ3v) is 0.430. The number of aliphatic imine (C=N–C) groups is 1. The highest BCUT2D eigenvalue weighted by atomic mass is 14.9. The molecule has 0 saturated heterocycles. The van der Waals surface area contributed by atoms with Crippen LogP contribution in [0.15, 0.2) is 4.99 Å². The average molecular weight is 66.1 g/mol. The zero-order valence-corrected chi connectivity index (χ0v) is 2.55. The number of nitrogens with zero attached hydrogens (tertiary/aromatic N) is 2. The molecule has 0 bridgehead atoms. The Morgan fingerprint density at radius 2 is 2.60 bits per heavy atom. The first-order valence-electron chi connectivity index (χ1n) is 1.36. The molecule has 2 heteroatoms. The third kappa shape index (κ3) is 0.246. The summed E-state index contributed by atoms with van der Waals surface area (Å²) in [6.07, 6.45) is 1.61. The van der Waals surface area contributed by atoms with Crippen molar-refractivity contribution >= 4 is 6.21 Å². The molecule has 1 heterocycles. The first-order valence-corrected chi connectivity index (χ1v) is 1.36. The van der Waals surface area contributed by atoms with E-state index in [1.165, 1.54) is 0 Å². The molecule has 1 rings (SSSR count). The van der Waals surface area contributed by atoms with E-state index in [0.29, 0.717) is 0 Å². The van der Waals surface area contributed by atoms with Crippen molar-refractivity contribution in [1.29, 1.82) is 5.26 Å². The summed E-state index contributed by atoms with van der Waals surface area (Å²) in [6, 6.07) is 1.86. The van der Waals surface area contributed by atoms with Crippen molar-refractivity contribution in [3.8, 4) is 6.07 Å². The molecule has 1 unspecified atom stereocenters. The van der Waals surface area contributed by atoms with Crippen LogP contribution in [0, 0.1) is 11.3 Å². The number of hydrogen-bond donors (Lipinski definition) is 0. The van der Waals surface area contributed by atoms with Crippen LogP contribution < -0.4 is 0 Å². The third-order valence-electron chi connectivity index (χ3n) is 0.430. The van der Waals surface area contributed by atoms with Crippen LogP contribution in [0.1, 0.15) is 0 Å². The van der Waals surface area contributed by atoms with Crippen LogP contribution in [0.25, 0.3) is 0 Å². The van der Waals surface area contributed by atoms with Crippen molar-refractivity contribution in [3.05, 3.63) is 0 Å². The van der Waals surface area contributed by atoms with E-state index in [1.54, 1.807) is 6.21 Å². The Balaban J connectivity index is 2.37.